The van der Waals surface area contributed by atoms with Gasteiger partial charge in [-0.1, -0.05) is 12.1 Å². The zero-order valence-electron chi connectivity index (χ0n) is 16.0. The van der Waals surface area contributed by atoms with E-state index in [2.05, 4.69) is 27.9 Å². The number of hydrogen-bond acceptors (Lipinski definition) is 5. The highest BCUT2D eigenvalue weighted by atomic mass is 127. The molecule has 0 fully saturated rings. The van der Waals surface area contributed by atoms with Crippen molar-refractivity contribution in [3.8, 4) is 17.4 Å². The number of carbonyl (C=O) groups is 2. The number of carbonyl (C=O) groups excluding carboxylic acids is 2. The molecule has 0 unspecified atom stereocenters. The molecule has 0 radical (unpaired) electrons. The van der Waals surface area contributed by atoms with Gasteiger partial charge in [0, 0.05) is 20.9 Å². The lowest BCUT2D eigenvalue weighted by Gasteiger charge is -2.04. The molecule has 0 aliphatic carbocycles. The molecule has 1 aromatic heterocycles. The van der Waals surface area contributed by atoms with Crippen molar-refractivity contribution in [2.45, 2.75) is 6.92 Å². The predicted molar refractivity (Wildman–Crippen MR) is 121 cm³/mol. The Kier molecular flexibility index (Phi) is 7.03. The molecule has 3 aromatic rings. The molecule has 0 aliphatic rings. The van der Waals surface area contributed by atoms with Gasteiger partial charge in [0.2, 0.25) is 0 Å². The largest absolute Gasteiger partial charge is 0.462 e. The average Bonchev–Trinajstić information content (AvgIpc) is 3.22. The van der Waals surface area contributed by atoms with Crippen molar-refractivity contribution in [2.24, 2.45) is 0 Å². The van der Waals surface area contributed by atoms with E-state index >= 15 is 0 Å². The number of halogens is 1. The van der Waals surface area contributed by atoms with E-state index in [0.29, 0.717) is 29.4 Å². The van der Waals surface area contributed by atoms with Crippen molar-refractivity contribution >= 4 is 46.2 Å². The maximum absolute atomic E-state index is 12.4. The molecule has 0 atom stereocenters. The molecule has 0 bridgehead atoms. The molecule has 0 saturated carbocycles. The van der Waals surface area contributed by atoms with Gasteiger partial charge in [-0.05, 0) is 78.0 Å². The monoisotopic (exact) mass is 512 g/mol. The number of ether oxygens (including phenoxy) is 1. The number of nitrogens with one attached hydrogen (secondary N) is 1. The molecular weight excluding hydrogens is 495 g/mol. The summed E-state index contributed by atoms with van der Waals surface area (Å²) >= 11 is 2.17. The Hall–Kier alpha value is -3.38. The van der Waals surface area contributed by atoms with Crippen LogP contribution in [0.15, 0.2) is 70.7 Å². The number of furan rings is 1. The van der Waals surface area contributed by atoms with E-state index in [1.54, 1.807) is 55.5 Å². The van der Waals surface area contributed by atoms with Crippen LogP contribution in [0.1, 0.15) is 23.0 Å². The summed E-state index contributed by atoms with van der Waals surface area (Å²) in [6.45, 7) is 2.06. The maximum Gasteiger partial charge on any atom is 0.338 e. The first-order chi connectivity index (χ1) is 14.5. The molecule has 1 N–H and O–H groups in total. The molecule has 1 heterocycles. The number of benzene rings is 2. The summed E-state index contributed by atoms with van der Waals surface area (Å²) in [5.41, 5.74) is 1.73. The van der Waals surface area contributed by atoms with Crippen LogP contribution < -0.4 is 5.32 Å². The van der Waals surface area contributed by atoms with Gasteiger partial charge in [-0.3, -0.25) is 4.79 Å². The fraction of sp³-hybridized carbons (Fsp3) is 0.0870. The highest BCUT2D eigenvalue weighted by Gasteiger charge is 2.12. The Labute approximate surface area is 187 Å². The SMILES string of the molecule is CCOC(=O)c1ccc(-c2ccc(/C=C(/C#N)C(=O)Nc3ccc(I)cc3)o2)cc1. The molecular formula is C23H17IN2O4. The Morgan fingerprint density at radius 1 is 1.10 bits per heavy atom. The first-order valence-corrected chi connectivity index (χ1v) is 10.1. The molecule has 6 nitrogen and oxygen atoms in total. The van der Waals surface area contributed by atoms with Crippen molar-refractivity contribution in [1.29, 1.82) is 5.26 Å². The standard InChI is InChI=1S/C23H17IN2O4/c1-2-29-23(28)16-5-3-15(4-6-16)21-12-11-20(30-21)13-17(14-25)22(27)26-19-9-7-18(24)8-10-19/h3-13H,2H2,1H3,(H,26,27)/b17-13-. The predicted octanol–water partition coefficient (Wildman–Crippen LogP) is 5.27. The lowest BCUT2D eigenvalue weighted by Crippen LogP contribution is -2.13. The minimum absolute atomic E-state index is 0.0768. The third kappa shape index (κ3) is 5.36. The third-order valence-electron chi connectivity index (χ3n) is 4.06. The Balaban J connectivity index is 1.74. The number of amides is 1. The van der Waals surface area contributed by atoms with Gasteiger partial charge in [-0.2, -0.15) is 5.26 Å². The summed E-state index contributed by atoms with van der Waals surface area (Å²) in [4.78, 5) is 24.1. The summed E-state index contributed by atoms with van der Waals surface area (Å²) in [5.74, 6) is 0.0149. The molecule has 1 amide bonds. The van der Waals surface area contributed by atoms with Crippen LogP contribution in [-0.2, 0) is 9.53 Å². The lowest BCUT2D eigenvalue weighted by atomic mass is 10.1. The normalized spacial score (nSPS) is 10.9. The van der Waals surface area contributed by atoms with Crippen molar-refractivity contribution in [2.75, 3.05) is 11.9 Å². The molecule has 0 saturated heterocycles. The summed E-state index contributed by atoms with van der Waals surface area (Å²) in [6, 6.07) is 19.3. The van der Waals surface area contributed by atoms with E-state index < -0.39 is 5.91 Å². The fourth-order valence-electron chi connectivity index (χ4n) is 2.59. The summed E-state index contributed by atoms with van der Waals surface area (Å²) in [7, 11) is 0. The Bertz CT molecular complexity index is 1120. The van der Waals surface area contributed by atoms with Crippen molar-refractivity contribution < 1.29 is 18.7 Å². The molecule has 0 spiro atoms. The van der Waals surface area contributed by atoms with Crippen LogP contribution in [0, 0.1) is 14.9 Å². The number of nitriles is 1. The molecule has 0 aliphatic heterocycles. The van der Waals surface area contributed by atoms with Gasteiger partial charge in [0.05, 0.1) is 12.2 Å². The van der Waals surface area contributed by atoms with E-state index in [-0.39, 0.29) is 11.5 Å². The van der Waals surface area contributed by atoms with Gasteiger partial charge < -0.3 is 14.5 Å². The minimum atomic E-state index is -0.518. The summed E-state index contributed by atoms with van der Waals surface area (Å²) in [6.07, 6.45) is 1.39. The van der Waals surface area contributed by atoms with Crippen LogP contribution in [0.2, 0.25) is 0 Å². The van der Waals surface area contributed by atoms with Crippen LogP contribution in [0.25, 0.3) is 17.4 Å². The van der Waals surface area contributed by atoms with Crippen LogP contribution in [0.5, 0.6) is 0 Å². The number of hydrogen-bond donors (Lipinski definition) is 1. The second-order valence-corrected chi connectivity index (χ2v) is 7.38. The lowest BCUT2D eigenvalue weighted by molar-refractivity contribution is -0.112. The Morgan fingerprint density at radius 3 is 2.43 bits per heavy atom. The molecule has 7 heteroatoms. The second kappa shape index (κ2) is 9.89. The molecule has 2 aromatic carbocycles. The highest BCUT2D eigenvalue weighted by molar-refractivity contribution is 14.1. The van der Waals surface area contributed by atoms with Crippen LogP contribution in [0.4, 0.5) is 5.69 Å². The maximum atomic E-state index is 12.4. The third-order valence-corrected chi connectivity index (χ3v) is 4.78. The van der Waals surface area contributed by atoms with E-state index in [1.807, 2.05) is 18.2 Å². The van der Waals surface area contributed by atoms with E-state index in [4.69, 9.17) is 9.15 Å². The zero-order chi connectivity index (χ0) is 21.5. The van der Waals surface area contributed by atoms with E-state index in [1.165, 1.54) is 6.08 Å². The summed E-state index contributed by atoms with van der Waals surface area (Å²) < 4.78 is 11.7. The molecule has 30 heavy (non-hydrogen) atoms. The van der Waals surface area contributed by atoms with Gasteiger partial charge >= 0.3 is 5.97 Å². The molecule has 150 valence electrons. The Morgan fingerprint density at radius 2 is 1.80 bits per heavy atom. The number of rotatable bonds is 6. The van der Waals surface area contributed by atoms with Gasteiger partial charge in [0.25, 0.3) is 5.91 Å². The van der Waals surface area contributed by atoms with Crippen molar-refractivity contribution in [3.63, 3.8) is 0 Å². The van der Waals surface area contributed by atoms with E-state index in [0.717, 1.165) is 9.13 Å². The number of nitrogens with zero attached hydrogens (tertiary/aromatic N) is 1. The van der Waals surface area contributed by atoms with Crippen molar-refractivity contribution in [1.82, 2.24) is 0 Å². The van der Waals surface area contributed by atoms with E-state index in [9.17, 15) is 14.9 Å². The molecule has 3 rings (SSSR count). The highest BCUT2D eigenvalue weighted by Crippen LogP contribution is 2.24. The topological polar surface area (TPSA) is 92.3 Å². The van der Waals surface area contributed by atoms with Crippen LogP contribution in [0.3, 0.4) is 0 Å². The fourth-order valence-corrected chi connectivity index (χ4v) is 2.95. The van der Waals surface area contributed by atoms with Gasteiger partial charge in [0.1, 0.15) is 23.2 Å². The second-order valence-electron chi connectivity index (χ2n) is 6.13. The van der Waals surface area contributed by atoms with Gasteiger partial charge in [0.15, 0.2) is 0 Å². The van der Waals surface area contributed by atoms with Gasteiger partial charge in [-0.25, -0.2) is 4.79 Å². The first kappa shape index (κ1) is 21.3. The summed E-state index contributed by atoms with van der Waals surface area (Å²) in [5, 5.41) is 12.1. The zero-order valence-corrected chi connectivity index (χ0v) is 18.2. The number of anilines is 1. The van der Waals surface area contributed by atoms with Gasteiger partial charge in [-0.15, -0.1) is 0 Å². The average molecular weight is 512 g/mol. The van der Waals surface area contributed by atoms with Crippen LogP contribution >= 0.6 is 22.6 Å². The first-order valence-electron chi connectivity index (χ1n) is 9.06. The van der Waals surface area contributed by atoms with Crippen LogP contribution in [-0.4, -0.2) is 18.5 Å². The number of esters is 1. The van der Waals surface area contributed by atoms with Crippen molar-refractivity contribution in [3.05, 3.63) is 81.1 Å². The quantitative estimate of drug-likeness (QED) is 0.210. The smallest absolute Gasteiger partial charge is 0.338 e. The minimum Gasteiger partial charge on any atom is -0.462 e.